The maximum Gasteiger partial charge on any atom is 0.0674 e. The fourth-order valence-corrected chi connectivity index (χ4v) is 4.50. The zero-order valence-electron chi connectivity index (χ0n) is 14.8. The van der Waals surface area contributed by atoms with Crippen LogP contribution in [0.25, 0.3) is 0 Å². The molecule has 6 atom stereocenters. The van der Waals surface area contributed by atoms with E-state index in [1.807, 2.05) is 0 Å². The number of rotatable bonds is 5. The summed E-state index contributed by atoms with van der Waals surface area (Å²) < 4.78 is 5.86. The van der Waals surface area contributed by atoms with Crippen LogP contribution in [0.5, 0.6) is 0 Å². The van der Waals surface area contributed by atoms with Crippen LogP contribution in [0.1, 0.15) is 53.9 Å². The summed E-state index contributed by atoms with van der Waals surface area (Å²) in [4.78, 5) is 2.72. The Morgan fingerprint density at radius 1 is 1.14 bits per heavy atom. The van der Waals surface area contributed by atoms with Crippen LogP contribution in [0.3, 0.4) is 0 Å². The fraction of sp³-hybridized carbons (Fsp3) is 1.00. The van der Waals surface area contributed by atoms with Gasteiger partial charge in [-0.05, 0) is 50.5 Å². The third-order valence-corrected chi connectivity index (χ3v) is 5.64. The van der Waals surface area contributed by atoms with Crippen LogP contribution in [-0.2, 0) is 4.74 Å². The van der Waals surface area contributed by atoms with Gasteiger partial charge in [-0.2, -0.15) is 0 Å². The van der Waals surface area contributed by atoms with Gasteiger partial charge in [-0.1, -0.05) is 27.7 Å². The molecule has 3 nitrogen and oxygen atoms in total. The van der Waals surface area contributed by atoms with E-state index in [-0.39, 0.29) is 0 Å². The standard InChI is InChI=1S/C18H36N2O/c1-6-16-12-21-15(5)10-20(16)11-17-14(4)8-13(3)9-18(17)19-7-2/h13-19H,6-12H2,1-5H3. The SMILES string of the molecule is CCNC1CC(C)CC(C)C1CN1CC(C)OCC1CC. The van der Waals surface area contributed by atoms with Crippen molar-refractivity contribution in [2.75, 3.05) is 26.2 Å². The van der Waals surface area contributed by atoms with Crippen molar-refractivity contribution in [3.63, 3.8) is 0 Å². The highest BCUT2D eigenvalue weighted by atomic mass is 16.5. The van der Waals surface area contributed by atoms with E-state index in [1.165, 1.54) is 25.8 Å². The lowest BCUT2D eigenvalue weighted by molar-refractivity contribution is -0.0679. The van der Waals surface area contributed by atoms with E-state index in [0.29, 0.717) is 18.2 Å². The third-order valence-electron chi connectivity index (χ3n) is 5.64. The summed E-state index contributed by atoms with van der Waals surface area (Å²) in [6.45, 7) is 16.0. The fourth-order valence-electron chi connectivity index (χ4n) is 4.50. The van der Waals surface area contributed by atoms with Gasteiger partial charge in [-0.25, -0.2) is 0 Å². The number of nitrogens with zero attached hydrogens (tertiary/aromatic N) is 1. The van der Waals surface area contributed by atoms with Crippen molar-refractivity contribution in [2.24, 2.45) is 17.8 Å². The Labute approximate surface area is 131 Å². The minimum absolute atomic E-state index is 0.392. The van der Waals surface area contributed by atoms with Crippen molar-refractivity contribution >= 4 is 0 Å². The molecular formula is C18H36N2O. The smallest absolute Gasteiger partial charge is 0.0674 e. The molecule has 0 aromatic carbocycles. The quantitative estimate of drug-likeness (QED) is 0.843. The Morgan fingerprint density at radius 2 is 1.90 bits per heavy atom. The zero-order chi connectivity index (χ0) is 15.4. The van der Waals surface area contributed by atoms with Crippen molar-refractivity contribution in [2.45, 2.75) is 72.1 Å². The maximum atomic E-state index is 5.86. The van der Waals surface area contributed by atoms with Crippen LogP contribution in [0.4, 0.5) is 0 Å². The summed E-state index contributed by atoms with van der Waals surface area (Å²) in [5, 5.41) is 3.77. The molecule has 2 fully saturated rings. The first-order valence-corrected chi connectivity index (χ1v) is 9.14. The van der Waals surface area contributed by atoms with Crippen molar-refractivity contribution in [3.8, 4) is 0 Å². The Hall–Kier alpha value is -0.120. The van der Waals surface area contributed by atoms with Crippen LogP contribution in [0.15, 0.2) is 0 Å². The largest absolute Gasteiger partial charge is 0.376 e. The minimum Gasteiger partial charge on any atom is -0.376 e. The molecular weight excluding hydrogens is 260 g/mol. The van der Waals surface area contributed by atoms with Crippen LogP contribution >= 0.6 is 0 Å². The van der Waals surface area contributed by atoms with Crippen molar-refractivity contribution in [1.82, 2.24) is 10.2 Å². The second kappa shape index (κ2) is 7.94. The first kappa shape index (κ1) is 17.2. The van der Waals surface area contributed by atoms with Gasteiger partial charge in [-0.3, -0.25) is 4.90 Å². The highest BCUT2D eigenvalue weighted by molar-refractivity contribution is 4.91. The molecule has 1 saturated heterocycles. The number of hydrogen-bond donors (Lipinski definition) is 1. The van der Waals surface area contributed by atoms with Gasteiger partial charge in [0.15, 0.2) is 0 Å². The van der Waals surface area contributed by atoms with Crippen LogP contribution in [0.2, 0.25) is 0 Å². The molecule has 0 bridgehead atoms. The van der Waals surface area contributed by atoms with E-state index in [4.69, 9.17) is 4.74 Å². The van der Waals surface area contributed by atoms with Gasteiger partial charge < -0.3 is 10.1 Å². The summed E-state index contributed by atoms with van der Waals surface area (Å²) in [7, 11) is 0. The molecule has 124 valence electrons. The maximum absolute atomic E-state index is 5.86. The summed E-state index contributed by atoms with van der Waals surface area (Å²) in [5.74, 6) is 2.49. The van der Waals surface area contributed by atoms with Gasteiger partial charge in [0.1, 0.15) is 0 Å². The highest BCUT2D eigenvalue weighted by Crippen LogP contribution is 2.35. The lowest BCUT2D eigenvalue weighted by Gasteiger charge is -2.46. The predicted molar refractivity (Wildman–Crippen MR) is 89.6 cm³/mol. The molecule has 1 saturated carbocycles. The molecule has 6 unspecified atom stereocenters. The molecule has 2 aliphatic rings. The number of hydrogen-bond acceptors (Lipinski definition) is 3. The molecule has 0 aromatic rings. The molecule has 2 rings (SSSR count). The normalized spacial score (nSPS) is 42.1. The monoisotopic (exact) mass is 296 g/mol. The van der Waals surface area contributed by atoms with Crippen molar-refractivity contribution in [3.05, 3.63) is 0 Å². The van der Waals surface area contributed by atoms with Gasteiger partial charge in [-0.15, -0.1) is 0 Å². The molecule has 1 N–H and O–H groups in total. The van der Waals surface area contributed by atoms with Gasteiger partial charge in [0.05, 0.1) is 12.7 Å². The van der Waals surface area contributed by atoms with E-state index in [9.17, 15) is 0 Å². The summed E-state index contributed by atoms with van der Waals surface area (Å²) >= 11 is 0. The first-order chi connectivity index (χ1) is 10.0. The van der Waals surface area contributed by atoms with Crippen LogP contribution in [-0.4, -0.2) is 49.3 Å². The predicted octanol–water partition coefficient (Wildman–Crippen LogP) is 3.15. The van der Waals surface area contributed by atoms with Crippen molar-refractivity contribution < 1.29 is 4.74 Å². The molecule has 1 aliphatic heterocycles. The summed E-state index contributed by atoms with van der Waals surface area (Å²) in [5.41, 5.74) is 0. The van der Waals surface area contributed by atoms with Gasteiger partial charge >= 0.3 is 0 Å². The topological polar surface area (TPSA) is 24.5 Å². The molecule has 0 amide bonds. The van der Waals surface area contributed by atoms with Gasteiger partial charge in [0.2, 0.25) is 0 Å². The zero-order valence-corrected chi connectivity index (χ0v) is 14.8. The second-order valence-electron chi connectivity index (χ2n) is 7.54. The van der Waals surface area contributed by atoms with E-state index < -0.39 is 0 Å². The molecule has 0 spiro atoms. The Kier molecular flexibility index (Phi) is 6.51. The lowest BCUT2D eigenvalue weighted by atomic mass is 9.72. The summed E-state index contributed by atoms with van der Waals surface area (Å²) in [6, 6.07) is 1.32. The highest BCUT2D eigenvalue weighted by Gasteiger charge is 2.36. The number of nitrogens with one attached hydrogen (secondary N) is 1. The molecule has 1 aliphatic carbocycles. The Balaban J connectivity index is 2.02. The van der Waals surface area contributed by atoms with E-state index >= 15 is 0 Å². The Morgan fingerprint density at radius 3 is 2.57 bits per heavy atom. The van der Waals surface area contributed by atoms with Crippen molar-refractivity contribution in [1.29, 1.82) is 0 Å². The Bertz CT molecular complexity index is 310. The number of morpholine rings is 1. The summed E-state index contributed by atoms with van der Waals surface area (Å²) in [6.07, 6.45) is 4.34. The van der Waals surface area contributed by atoms with Crippen LogP contribution < -0.4 is 5.32 Å². The van der Waals surface area contributed by atoms with Crippen LogP contribution in [0, 0.1) is 17.8 Å². The molecule has 0 radical (unpaired) electrons. The first-order valence-electron chi connectivity index (χ1n) is 9.14. The molecule has 0 aromatic heterocycles. The average molecular weight is 296 g/mol. The second-order valence-corrected chi connectivity index (χ2v) is 7.54. The average Bonchev–Trinajstić information content (AvgIpc) is 2.43. The molecule has 21 heavy (non-hydrogen) atoms. The van der Waals surface area contributed by atoms with E-state index in [0.717, 1.165) is 37.5 Å². The van der Waals surface area contributed by atoms with Gasteiger partial charge in [0, 0.05) is 25.2 Å². The lowest BCUT2D eigenvalue weighted by Crippen LogP contribution is -2.55. The molecule has 1 heterocycles. The van der Waals surface area contributed by atoms with E-state index in [2.05, 4.69) is 44.8 Å². The molecule has 3 heteroatoms. The number of ether oxygens (including phenoxy) is 1. The van der Waals surface area contributed by atoms with Gasteiger partial charge in [0.25, 0.3) is 0 Å². The third kappa shape index (κ3) is 4.43. The minimum atomic E-state index is 0.392. The van der Waals surface area contributed by atoms with E-state index in [1.54, 1.807) is 0 Å².